The molecule has 2 heterocycles. The molecule has 0 amide bonds. The van der Waals surface area contributed by atoms with Crippen molar-refractivity contribution in [3.63, 3.8) is 0 Å². The first-order valence-electron chi connectivity index (χ1n) is 7.42. The summed E-state index contributed by atoms with van der Waals surface area (Å²) in [5, 5.41) is 1.94. The number of thioether (sulfide) groups is 2. The lowest BCUT2D eigenvalue weighted by molar-refractivity contribution is 0.182. The number of hydrogen-bond acceptors (Lipinski definition) is 5. The number of aromatic nitrogens is 2. The molecule has 0 atom stereocenters. The van der Waals surface area contributed by atoms with Crippen molar-refractivity contribution in [2.75, 3.05) is 19.5 Å². The Morgan fingerprint density at radius 2 is 2.25 bits per heavy atom. The molecule has 1 aromatic carbocycles. The summed E-state index contributed by atoms with van der Waals surface area (Å²) in [6.07, 6.45) is 0.843. The molecule has 0 bridgehead atoms. The van der Waals surface area contributed by atoms with E-state index in [1.165, 1.54) is 11.8 Å². The van der Waals surface area contributed by atoms with Crippen molar-refractivity contribution in [1.29, 1.82) is 0 Å². The van der Waals surface area contributed by atoms with Crippen LogP contribution in [0, 0.1) is 0 Å². The largest absolute Gasteiger partial charge is 0.383 e. The Morgan fingerprint density at radius 3 is 3.00 bits per heavy atom. The van der Waals surface area contributed by atoms with E-state index in [9.17, 15) is 4.79 Å². The van der Waals surface area contributed by atoms with Crippen molar-refractivity contribution >= 4 is 46.7 Å². The standard InChI is InChI=1S/C16H16Cl2N2O2S2/c1-22-6-5-20-15(21)14-13(4-7-23-14)19-16(20)24-9-10-2-3-11(17)8-12(10)18/h2-3,8H,4-7,9H2,1H3. The number of ether oxygens (including phenoxy) is 1. The highest BCUT2D eigenvalue weighted by molar-refractivity contribution is 7.99. The number of methoxy groups -OCH3 is 1. The van der Waals surface area contributed by atoms with E-state index in [2.05, 4.69) is 0 Å². The molecule has 24 heavy (non-hydrogen) atoms. The van der Waals surface area contributed by atoms with Gasteiger partial charge in [-0.05, 0) is 17.7 Å². The summed E-state index contributed by atoms with van der Waals surface area (Å²) in [5.41, 5.74) is 1.90. The molecule has 1 aliphatic rings. The summed E-state index contributed by atoms with van der Waals surface area (Å²) in [5.74, 6) is 1.54. The Kier molecular flexibility index (Phi) is 6.16. The van der Waals surface area contributed by atoms with E-state index < -0.39 is 0 Å². The van der Waals surface area contributed by atoms with Gasteiger partial charge in [-0.25, -0.2) is 4.98 Å². The second kappa shape index (κ2) is 8.15. The first-order valence-corrected chi connectivity index (χ1v) is 10.1. The highest BCUT2D eigenvalue weighted by Crippen LogP contribution is 2.31. The minimum Gasteiger partial charge on any atom is -0.383 e. The molecule has 0 saturated carbocycles. The zero-order valence-electron chi connectivity index (χ0n) is 13.1. The van der Waals surface area contributed by atoms with Crippen LogP contribution in [0.5, 0.6) is 0 Å². The smallest absolute Gasteiger partial charge is 0.268 e. The summed E-state index contributed by atoms with van der Waals surface area (Å²) < 4.78 is 6.83. The van der Waals surface area contributed by atoms with Gasteiger partial charge >= 0.3 is 0 Å². The summed E-state index contributed by atoms with van der Waals surface area (Å²) >= 11 is 15.3. The quantitative estimate of drug-likeness (QED) is 0.536. The fourth-order valence-electron chi connectivity index (χ4n) is 2.39. The topological polar surface area (TPSA) is 44.1 Å². The molecular formula is C16H16Cl2N2O2S2. The monoisotopic (exact) mass is 402 g/mol. The summed E-state index contributed by atoms with van der Waals surface area (Å²) in [7, 11) is 1.63. The average Bonchev–Trinajstić information content (AvgIpc) is 3.02. The highest BCUT2D eigenvalue weighted by atomic mass is 35.5. The molecule has 0 saturated heterocycles. The molecule has 128 valence electrons. The molecule has 0 N–H and O–H groups in total. The second-order valence-corrected chi connectivity index (χ2v) is 8.13. The zero-order valence-corrected chi connectivity index (χ0v) is 16.2. The van der Waals surface area contributed by atoms with Gasteiger partial charge in [-0.1, -0.05) is 41.0 Å². The molecule has 4 nitrogen and oxygen atoms in total. The fraction of sp³-hybridized carbons (Fsp3) is 0.375. The van der Waals surface area contributed by atoms with E-state index >= 15 is 0 Å². The first-order chi connectivity index (χ1) is 11.6. The molecule has 0 spiro atoms. The van der Waals surface area contributed by atoms with Crippen LogP contribution in [0.4, 0.5) is 0 Å². The van der Waals surface area contributed by atoms with Gasteiger partial charge in [0.2, 0.25) is 0 Å². The van der Waals surface area contributed by atoms with Crippen LogP contribution in [0.3, 0.4) is 0 Å². The van der Waals surface area contributed by atoms with E-state index in [0.717, 1.165) is 28.3 Å². The minimum absolute atomic E-state index is 0.0317. The number of halogens is 2. The molecule has 8 heteroatoms. The van der Waals surface area contributed by atoms with E-state index in [1.807, 2.05) is 12.1 Å². The number of rotatable bonds is 6. The van der Waals surface area contributed by atoms with Crippen molar-refractivity contribution in [3.05, 3.63) is 49.9 Å². The van der Waals surface area contributed by atoms with E-state index in [0.29, 0.717) is 34.1 Å². The maximum Gasteiger partial charge on any atom is 0.268 e. The summed E-state index contributed by atoms with van der Waals surface area (Å²) in [6, 6.07) is 5.44. The first kappa shape index (κ1) is 18.1. The normalized spacial score (nSPS) is 13.3. The average molecular weight is 403 g/mol. The van der Waals surface area contributed by atoms with Crippen molar-refractivity contribution in [2.45, 2.75) is 28.8 Å². The predicted molar refractivity (Wildman–Crippen MR) is 101 cm³/mol. The second-order valence-electron chi connectivity index (χ2n) is 5.24. The van der Waals surface area contributed by atoms with Gasteiger partial charge < -0.3 is 4.74 Å². The molecule has 2 aromatic rings. The van der Waals surface area contributed by atoms with Crippen molar-refractivity contribution in [1.82, 2.24) is 9.55 Å². The molecule has 1 aliphatic heterocycles. The van der Waals surface area contributed by atoms with Crippen LogP contribution < -0.4 is 5.56 Å². The van der Waals surface area contributed by atoms with Crippen LogP contribution in [-0.2, 0) is 23.5 Å². The van der Waals surface area contributed by atoms with Crippen LogP contribution in [0.1, 0.15) is 11.3 Å². The third-order valence-corrected chi connectivity index (χ3v) is 6.36. The lowest BCUT2D eigenvalue weighted by atomic mass is 10.2. The van der Waals surface area contributed by atoms with Crippen molar-refractivity contribution in [2.24, 2.45) is 0 Å². The SMILES string of the molecule is COCCn1c(SCc2ccc(Cl)cc2Cl)nc2c(c1=O)SCC2. The van der Waals surface area contributed by atoms with E-state index in [1.54, 1.807) is 29.5 Å². The maximum absolute atomic E-state index is 12.7. The lowest BCUT2D eigenvalue weighted by Crippen LogP contribution is -2.27. The van der Waals surface area contributed by atoms with E-state index in [-0.39, 0.29) is 5.56 Å². The number of hydrogen-bond donors (Lipinski definition) is 0. The van der Waals surface area contributed by atoms with Gasteiger partial charge in [0.05, 0.1) is 23.7 Å². The van der Waals surface area contributed by atoms with Gasteiger partial charge in [0.15, 0.2) is 5.16 Å². The molecule has 0 radical (unpaired) electrons. The lowest BCUT2D eigenvalue weighted by Gasteiger charge is -2.13. The fourth-order valence-corrected chi connectivity index (χ4v) is 5.04. The zero-order chi connectivity index (χ0) is 17.1. The van der Waals surface area contributed by atoms with Gasteiger partial charge in [-0.3, -0.25) is 9.36 Å². The third kappa shape index (κ3) is 3.94. The van der Waals surface area contributed by atoms with Crippen LogP contribution in [0.25, 0.3) is 0 Å². The van der Waals surface area contributed by atoms with Crippen molar-refractivity contribution in [3.8, 4) is 0 Å². The molecule has 0 fully saturated rings. The van der Waals surface area contributed by atoms with Crippen LogP contribution in [0.2, 0.25) is 10.0 Å². The molecular weight excluding hydrogens is 387 g/mol. The van der Waals surface area contributed by atoms with Crippen LogP contribution in [-0.4, -0.2) is 29.0 Å². The number of nitrogens with zero attached hydrogens (tertiary/aromatic N) is 2. The molecule has 0 unspecified atom stereocenters. The third-order valence-electron chi connectivity index (χ3n) is 3.64. The molecule has 0 aliphatic carbocycles. The van der Waals surface area contributed by atoms with Gasteiger partial charge in [-0.2, -0.15) is 0 Å². The predicted octanol–water partition coefficient (Wildman–Crippen LogP) is 4.14. The molecule has 1 aromatic heterocycles. The van der Waals surface area contributed by atoms with Crippen molar-refractivity contribution < 1.29 is 4.74 Å². The summed E-state index contributed by atoms with van der Waals surface area (Å²) in [4.78, 5) is 18.2. The Morgan fingerprint density at radius 1 is 1.42 bits per heavy atom. The van der Waals surface area contributed by atoms with Gasteiger partial charge in [0.1, 0.15) is 0 Å². The number of aryl methyl sites for hydroxylation is 1. The Bertz CT molecular complexity index is 811. The van der Waals surface area contributed by atoms with Crippen LogP contribution in [0.15, 0.2) is 33.0 Å². The number of benzene rings is 1. The van der Waals surface area contributed by atoms with E-state index in [4.69, 9.17) is 32.9 Å². The van der Waals surface area contributed by atoms with Gasteiger partial charge in [0, 0.05) is 35.1 Å². The Labute approximate surface area is 158 Å². The van der Waals surface area contributed by atoms with Gasteiger partial charge in [0.25, 0.3) is 5.56 Å². The van der Waals surface area contributed by atoms with Crippen LogP contribution >= 0.6 is 46.7 Å². The maximum atomic E-state index is 12.7. The molecule has 3 rings (SSSR count). The highest BCUT2D eigenvalue weighted by Gasteiger charge is 2.21. The minimum atomic E-state index is 0.0317. The Hall–Kier alpha value is -0.660. The van der Waals surface area contributed by atoms with Gasteiger partial charge in [-0.15, -0.1) is 11.8 Å². The Balaban J connectivity index is 1.88. The number of fused-ring (bicyclic) bond motifs is 1. The summed E-state index contributed by atoms with van der Waals surface area (Å²) in [6.45, 7) is 0.965.